The predicted molar refractivity (Wildman–Crippen MR) is 251 cm³/mol. The highest BCUT2D eigenvalue weighted by atomic mass is 16.4. The highest BCUT2D eigenvalue weighted by Crippen LogP contribution is 2.48. The fourth-order valence-electron chi connectivity index (χ4n) is 8.96. The van der Waals surface area contributed by atoms with E-state index >= 15 is 0 Å². The van der Waals surface area contributed by atoms with Crippen molar-refractivity contribution in [2.75, 3.05) is 0 Å². The average molecular weight is 798 g/mol. The highest BCUT2D eigenvalue weighted by Gasteiger charge is 2.39. The van der Waals surface area contributed by atoms with Gasteiger partial charge in [-0.1, -0.05) is 146 Å². The van der Waals surface area contributed by atoms with Gasteiger partial charge in [0.2, 0.25) is 0 Å². The summed E-state index contributed by atoms with van der Waals surface area (Å²) in [5.74, 6) is -0.906. The number of aromatic carboxylic acids is 1. The van der Waals surface area contributed by atoms with Crippen LogP contribution in [-0.2, 0) is 34.7 Å². The minimum atomic E-state index is -0.906. The lowest BCUT2D eigenvalue weighted by atomic mass is 9.62. The molecule has 0 bridgehead atoms. The number of carboxylic acids is 1. The van der Waals surface area contributed by atoms with E-state index < -0.39 is 5.97 Å². The maximum Gasteiger partial charge on any atom is 0.335 e. The molecule has 4 aromatic carbocycles. The Bertz CT molecular complexity index is 2490. The van der Waals surface area contributed by atoms with E-state index in [-0.39, 0.29) is 21.7 Å². The summed E-state index contributed by atoms with van der Waals surface area (Å²) in [5, 5.41) is 13.5. The first kappa shape index (κ1) is 42.4. The van der Waals surface area contributed by atoms with Crippen molar-refractivity contribution in [3.63, 3.8) is 0 Å². The Morgan fingerprint density at radius 2 is 1.02 bits per heavy atom. The largest absolute Gasteiger partial charge is 0.478 e. The van der Waals surface area contributed by atoms with Gasteiger partial charge in [0.25, 0.3) is 0 Å². The molecule has 0 radical (unpaired) electrons. The molecule has 8 rings (SSSR count). The summed E-state index contributed by atoms with van der Waals surface area (Å²) in [6.07, 6.45) is 21.7. The van der Waals surface area contributed by atoms with Gasteiger partial charge in [0, 0.05) is 31.3 Å². The summed E-state index contributed by atoms with van der Waals surface area (Å²) in [6, 6.07) is 31.6. The fourth-order valence-corrected chi connectivity index (χ4v) is 8.96. The van der Waals surface area contributed by atoms with Crippen molar-refractivity contribution in [3.8, 4) is 0 Å². The summed E-state index contributed by atoms with van der Waals surface area (Å²) in [4.78, 5) is 11.1. The molecule has 2 aliphatic rings. The first-order valence-corrected chi connectivity index (χ1v) is 21.6. The zero-order chi connectivity index (χ0) is 42.9. The molecule has 2 heterocycles. The molecule has 5 nitrogen and oxygen atoms in total. The van der Waals surface area contributed by atoms with Crippen LogP contribution < -0.4 is 0 Å². The molecule has 1 N–H and O–H groups in total. The van der Waals surface area contributed by atoms with Gasteiger partial charge in [-0.3, -0.25) is 4.68 Å². The second kappa shape index (κ2) is 16.8. The van der Waals surface area contributed by atoms with Crippen LogP contribution in [0.3, 0.4) is 0 Å². The van der Waals surface area contributed by atoms with Crippen molar-refractivity contribution in [1.82, 2.24) is 14.3 Å². The van der Waals surface area contributed by atoms with Crippen molar-refractivity contribution >= 4 is 30.3 Å². The van der Waals surface area contributed by atoms with Gasteiger partial charge >= 0.3 is 5.97 Å². The van der Waals surface area contributed by atoms with Gasteiger partial charge in [-0.15, -0.1) is 0 Å². The number of carbonyl (C=O) groups is 1. The second-order valence-electron chi connectivity index (χ2n) is 19.8. The zero-order valence-electron chi connectivity index (χ0n) is 37.2. The molecule has 0 amide bonds. The Morgan fingerprint density at radius 3 is 1.45 bits per heavy atom. The third-order valence-electron chi connectivity index (χ3n) is 13.3. The topological polar surface area (TPSA) is 60.1 Å². The number of hydrogen-bond donors (Lipinski definition) is 1. The van der Waals surface area contributed by atoms with Crippen LogP contribution in [0.4, 0.5) is 0 Å². The standard InChI is InChI=1S/C28H33N.C27H30N2O2/c1-21-8-10-22(11-9-21)12-13-23-18-25-26(28(4,5)15-14-27(25,2)3)19-24(23)20-29-16-6-7-17-29;1-26(2)12-13-27(3,4)24-17-22(18-29-15-5-14-28-29)21(16-23(24)26)11-8-19-6-9-20(10-7-19)25(30)31/h6-13,16-19H,14-15,20H2,1-5H3;5-11,14-17H,12-13,18H2,1-4H3,(H,30,31)/b13-12+;11-8+. The molecule has 0 atom stereocenters. The van der Waals surface area contributed by atoms with Gasteiger partial charge in [0.05, 0.1) is 12.1 Å². The molecule has 6 aromatic rings. The molecule has 0 saturated heterocycles. The summed E-state index contributed by atoms with van der Waals surface area (Å²) in [5.41, 5.74) is 15.7. The van der Waals surface area contributed by atoms with Crippen molar-refractivity contribution in [2.45, 2.75) is 123 Å². The first-order chi connectivity index (χ1) is 28.4. The van der Waals surface area contributed by atoms with E-state index in [1.165, 1.54) is 81.3 Å². The maximum absolute atomic E-state index is 11.1. The van der Waals surface area contributed by atoms with Crippen LogP contribution in [0.25, 0.3) is 24.3 Å². The normalized spacial score (nSPS) is 17.1. The Balaban J connectivity index is 0.000000182. The van der Waals surface area contributed by atoms with E-state index in [9.17, 15) is 4.79 Å². The molecule has 2 aliphatic carbocycles. The number of nitrogens with zero attached hydrogens (tertiary/aromatic N) is 3. The van der Waals surface area contributed by atoms with Crippen molar-refractivity contribution < 1.29 is 9.90 Å². The Labute approximate surface area is 358 Å². The van der Waals surface area contributed by atoms with Crippen LogP contribution in [-0.4, -0.2) is 25.4 Å². The van der Waals surface area contributed by atoms with Gasteiger partial charge in [-0.05, 0) is 140 Å². The van der Waals surface area contributed by atoms with E-state index in [1.807, 2.05) is 35.3 Å². The number of aryl methyl sites for hydroxylation is 1. The summed E-state index contributed by atoms with van der Waals surface area (Å²) >= 11 is 0. The van der Waals surface area contributed by atoms with E-state index in [0.717, 1.165) is 12.1 Å². The van der Waals surface area contributed by atoms with Crippen LogP contribution in [0, 0.1) is 6.92 Å². The van der Waals surface area contributed by atoms with Crippen molar-refractivity contribution in [2.24, 2.45) is 0 Å². The van der Waals surface area contributed by atoms with Gasteiger partial charge in [0.15, 0.2) is 0 Å². The number of rotatable bonds is 9. The number of carboxylic acid groups (broad SMARTS) is 1. The lowest BCUT2D eigenvalue weighted by Gasteiger charge is -2.42. The molecule has 0 saturated carbocycles. The lowest BCUT2D eigenvalue weighted by Crippen LogP contribution is -2.34. The number of fused-ring (bicyclic) bond motifs is 2. The first-order valence-electron chi connectivity index (χ1n) is 21.6. The van der Waals surface area contributed by atoms with E-state index in [2.05, 4.69) is 169 Å². The third-order valence-corrected chi connectivity index (χ3v) is 13.3. The minimum absolute atomic E-state index is 0.140. The molecule has 60 heavy (non-hydrogen) atoms. The van der Waals surface area contributed by atoms with Gasteiger partial charge in [-0.2, -0.15) is 5.10 Å². The summed E-state index contributed by atoms with van der Waals surface area (Å²) < 4.78 is 4.23. The van der Waals surface area contributed by atoms with Crippen LogP contribution in [0.5, 0.6) is 0 Å². The molecule has 0 unspecified atom stereocenters. The average Bonchev–Trinajstić information content (AvgIpc) is 3.93. The molecule has 5 heteroatoms. The zero-order valence-corrected chi connectivity index (χ0v) is 37.2. The fraction of sp³-hybridized carbons (Fsp3) is 0.345. The van der Waals surface area contributed by atoms with Crippen LogP contribution in [0.1, 0.15) is 153 Å². The molecular formula is C55H63N3O2. The molecule has 310 valence electrons. The number of benzene rings is 4. The van der Waals surface area contributed by atoms with Crippen molar-refractivity contribution in [3.05, 3.63) is 183 Å². The molecule has 2 aromatic heterocycles. The quantitative estimate of drug-likeness (QED) is 0.148. The van der Waals surface area contributed by atoms with E-state index in [1.54, 1.807) is 12.1 Å². The smallest absolute Gasteiger partial charge is 0.335 e. The van der Waals surface area contributed by atoms with E-state index in [4.69, 9.17) is 5.11 Å². The molecule has 0 aliphatic heterocycles. The van der Waals surface area contributed by atoms with Crippen LogP contribution in [0.2, 0.25) is 0 Å². The van der Waals surface area contributed by atoms with Gasteiger partial charge in [0.1, 0.15) is 0 Å². The second-order valence-corrected chi connectivity index (χ2v) is 19.8. The summed E-state index contributed by atoms with van der Waals surface area (Å²) in [7, 11) is 0. The van der Waals surface area contributed by atoms with Crippen molar-refractivity contribution in [1.29, 1.82) is 0 Å². The molecular weight excluding hydrogens is 735 g/mol. The van der Waals surface area contributed by atoms with Crippen LogP contribution >= 0.6 is 0 Å². The summed E-state index contributed by atoms with van der Waals surface area (Å²) in [6.45, 7) is 22.7. The number of hydrogen-bond acceptors (Lipinski definition) is 2. The highest BCUT2D eigenvalue weighted by molar-refractivity contribution is 5.88. The lowest BCUT2D eigenvalue weighted by molar-refractivity contribution is 0.0697. The Morgan fingerprint density at radius 1 is 0.583 bits per heavy atom. The minimum Gasteiger partial charge on any atom is -0.478 e. The predicted octanol–water partition coefficient (Wildman–Crippen LogP) is 13.5. The molecule has 0 fully saturated rings. The molecule has 0 spiro atoms. The Hall–Kier alpha value is -5.68. The van der Waals surface area contributed by atoms with Gasteiger partial charge < -0.3 is 9.67 Å². The SMILES string of the molecule is CC1(C)CCC(C)(C)c2cc(Cn3cccn3)c(/C=C/c3ccc(C(=O)O)cc3)cc21.Cc1ccc(/C=C/c2cc3c(cc2Cn2cccc2)C(C)(C)CCC3(C)C)cc1. The van der Waals surface area contributed by atoms with Crippen LogP contribution in [0.15, 0.2) is 116 Å². The third kappa shape index (κ3) is 9.52. The monoisotopic (exact) mass is 797 g/mol. The Kier molecular flexibility index (Phi) is 11.9. The van der Waals surface area contributed by atoms with Gasteiger partial charge in [-0.25, -0.2) is 4.79 Å². The maximum atomic E-state index is 11.1. The number of aromatic nitrogens is 3. The van der Waals surface area contributed by atoms with E-state index in [0.29, 0.717) is 12.1 Å².